The molecule has 6 heteroatoms. The van der Waals surface area contributed by atoms with Crippen molar-refractivity contribution in [3.63, 3.8) is 0 Å². The zero-order chi connectivity index (χ0) is 19.8. The number of amides is 1. The van der Waals surface area contributed by atoms with E-state index in [0.717, 1.165) is 61.0 Å². The first-order chi connectivity index (χ1) is 13.7. The Kier molecular flexibility index (Phi) is 7.86. The number of rotatable bonds is 10. The molecule has 0 bridgehead atoms. The monoisotopic (exact) mass is 401 g/mol. The van der Waals surface area contributed by atoms with Crippen molar-refractivity contribution in [2.45, 2.75) is 46.0 Å². The summed E-state index contributed by atoms with van der Waals surface area (Å²) in [5.41, 5.74) is 1.81. The van der Waals surface area contributed by atoms with E-state index in [1.807, 2.05) is 31.2 Å². The molecule has 1 amide bonds. The van der Waals surface area contributed by atoms with E-state index in [2.05, 4.69) is 22.1 Å². The van der Waals surface area contributed by atoms with Crippen molar-refractivity contribution >= 4 is 17.2 Å². The number of ether oxygens (including phenoxy) is 1. The number of aryl methyl sites for hydroxylation is 1. The van der Waals surface area contributed by atoms with Gasteiger partial charge in [0, 0.05) is 12.1 Å². The van der Waals surface area contributed by atoms with E-state index in [0.29, 0.717) is 4.88 Å². The molecule has 1 N–H and O–H groups in total. The summed E-state index contributed by atoms with van der Waals surface area (Å²) in [5.74, 6) is 0.857. The molecule has 1 aliphatic heterocycles. The van der Waals surface area contributed by atoms with Gasteiger partial charge in [0.2, 0.25) is 0 Å². The van der Waals surface area contributed by atoms with Crippen LogP contribution in [-0.4, -0.2) is 48.6 Å². The van der Waals surface area contributed by atoms with Gasteiger partial charge in [-0.25, -0.2) is 4.98 Å². The van der Waals surface area contributed by atoms with Crippen LogP contribution in [0.15, 0.2) is 24.3 Å². The van der Waals surface area contributed by atoms with Crippen LogP contribution >= 0.6 is 11.3 Å². The van der Waals surface area contributed by atoms with Gasteiger partial charge in [-0.3, -0.25) is 4.79 Å². The molecule has 3 rings (SSSR count). The number of thiazole rings is 1. The topological polar surface area (TPSA) is 54.5 Å². The third-order valence-corrected chi connectivity index (χ3v) is 6.17. The van der Waals surface area contributed by atoms with E-state index < -0.39 is 0 Å². The largest absolute Gasteiger partial charge is 0.494 e. The number of hydrogen-bond donors (Lipinski definition) is 1. The molecule has 152 valence electrons. The Balaban J connectivity index is 1.49. The summed E-state index contributed by atoms with van der Waals surface area (Å²) in [5, 5.41) is 3.93. The van der Waals surface area contributed by atoms with Gasteiger partial charge in [-0.1, -0.05) is 6.92 Å². The first-order valence-electron chi connectivity index (χ1n) is 10.4. The molecule has 0 spiro atoms. The molecule has 1 aromatic heterocycles. The summed E-state index contributed by atoms with van der Waals surface area (Å²) in [6, 6.07) is 7.93. The van der Waals surface area contributed by atoms with E-state index >= 15 is 0 Å². The minimum atomic E-state index is -0.00896. The minimum absolute atomic E-state index is 0.00896. The lowest BCUT2D eigenvalue weighted by atomic mass is 10.2. The molecule has 2 aromatic rings. The standard InChI is InChI=1S/C22H31N3O2S/c1-3-16-27-19-10-8-18(9-11-19)22-24-17(2)20(28-22)21(26)23-12-4-5-13-25-14-6-7-15-25/h8-11H,3-7,12-16H2,1-2H3,(H,23,26). The second-order valence-electron chi connectivity index (χ2n) is 7.32. The van der Waals surface area contributed by atoms with Crippen LogP contribution in [0.25, 0.3) is 10.6 Å². The number of carbonyl (C=O) groups is 1. The molecule has 0 atom stereocenters. The van der Waals surface area contributed by atoms with Crippen LogP contribution in [0.4, 0.5) is 0 Å². The quantitative estimate of drug-likeness (QED) is 0.595. The third-order valence-electron chi connectivity index (χ3n) is 4.96. The SMILES string of the molecule is CCCOc1ccc(-c2nc(C)c(C(=O)NCCCCN3CCCC3)s2)cc1. The second kappa shape index (κ2) is 10.6. The summed E-state index contributed by atoms with van der Waals surface area (Å²) >= 11 is 1.46. The lowest BCUT2D eigenvalue weighted by molar-refractivity contribution is 0.0956. The summed E-state index contributed by atoms with van der Waals surface area (Å²) in [4.78, 5) is 20.4. The van der Waals surface area contributed by atoms with Crippen LogP contribution in [0.5, 0.6) is 5.75 Å². The lowest BCUT2D eigenvalue weighted by Crippen LogP contribution is -2.26. The fraction of sp³-hybridized carbons (Fsp3) is 0.545. The van der Waals surface area contributed by atoms with Gasteiger partial charge in [0.1, 0.15) is 15.6 Å². The van der Waals surface area contributed by atoms with Crippen molar-refractivity contribution in [1.82, 2.24) is 15.2 Å². The predicted molar refractivity (Wildman–Crippen MR) is 115 cm³/mol. The van der Waals surface area contributed by atoms with Crippen LogP contribution in [0.2, 0.25) is 0 Å². The number of nitrogens with zero attached hydrogens (tertiary/aromatic N) is 2. The number of likely N-dealkylation sites (tertiary alicyclic amines) is 1. The Morgan fingerprint density at radius 1 is 1.21 bits per heavy atom. The normalized spacial score (nSPS) is 14.4. The van der Waals surface area contributed by atoms with E-state index in [9.17, 15) is 4.79 Å². The second-order valence-corrected chi connectivity index (χ2v) is 8.32. The van der Waals surface area contributed by atoms with E-state index in [4.69, 9.17) is 4.74 Å². The maximum Gasteiger partial charge on any atom is 0.263 e. The number of hydrogen-bond acceptors (Lipinski definition) is 5. The van der Waals surface area contributed by atoms with E-state index in [1.54, 1.807) is 0 Å². The minimum Gasteiger partial charge on any atom is -0.494 e. The first-order valence-corrected chi connectivity index (χ1v) is 11.2. The van der Waals surface area contributed by atoms with Gasteiger partial charge in [-0.2, -0.15) is 0 Å². The summed E-state index contributed by atoms with van der Waals surface area (Å²) in [6.45, 7) is 9.06. The highest BCUT2D eigenvalue weighted by Gasteiger charge is 2.16. The molecule has 1 aromatic carbocycles. The van der Waals surface area contributed by atoms with Crippen molar-refractivity contribution in [2.75, 3.05) is 32.8 Å². The van der Waals surface area contributed by atoms with Gasteiger partial charge >= 0.3 is 0 Å². The number of unbranched alkanes of at least 4 members (excludes halogenated alkanes) is 1. The van der Waals surface area contributed by atoms with Crippen LogP contribution in [0.1, 0.15) is 54.4 Å². The fourth-order valence-corrected chi connectivity index (χ4v) is 4.38. The van der Waals surface area contributed by atoms with Crippen molar-refractivity contribution in [3.8, 4) is 16.3 Å². The number of benzene rings is 1. The van der Waals surface area contributed by atoms with Crippen molar-refractivity contribution in [2.24, 2.45) is 0 Å². The zero-order valence-corrected chi connectivity index (χ0v) is 17.8. The van der Waals surface area contributed by atoms with Crippen LogP contribution in [-0.2, 0) is 0 Å². The van der Waals surface area contributed by atoms with Gasteiger partial charge in [-0.15, -0.1) is 11.3 Å². The highest BCUT2D eigenvalue weighted by atomic mass is 32.1. The third kappa shape index (κ3) is 5.79. The maximum absolute atomic E-state index is 12.5. The Morgan fingerprint density at radius 2 is 1.96 bits per heavy atom. The van der Waals surface area contributed by atoms with Crippen molar-refractivity contribution in [3.05, 3.63) is 34.8 Å². The fourth-order valence-electron chi connectivity index (χ4n) is 3.39. The Labute approximate surface area is 172 Å². The van der Waals surface area contributed by atoms with Crippen LogP contribution in [0, 0.1) is 6.92 Å². The average molecular weight is 402 g/mol. The van der Waals surface area contributed by atoms with Crippen LogP contribution < -0.4 is 10.1 Å². The van der Waals surface area contributed by atoms with Crippen LogP contribution in [0.3, 0.4) is 0 Å². The molecule has 2 heterocycles. The molecule has 1 saturated heterocycles. The Bertz CT molecular complexity index is 752. The highest BCUT2D eigenvalue weighted by Crippen LogP contribution is 2.29. The van der Waals surface area contributed by atoms with Crippen molar-refractivity contribution < 1.29 is 9.53 Å². The summed E-state index contributed by atoms with van der Waals surface area (Å²) in [6.07, 6.45) is 5.81. The van der Waals surface area contributed by atoms with Gasteiger partial charge in [0.15, 0.2) is 0 Å². The van der Waals surface area contributed by atoms with E-state index in [-0.39, 0.29) is 5.91 Å². The van der Waals surface area contributed by atoms with Gasteiger partial charge < -0.3 is 15.0 Å². The molecule has 1 fully saturated rings. The summed E-state index contributed by atoms with van der Waals surface area (Å²) in [7, 11) is 0. The molecule has 1 aliphatic rings. The van der Waals surface area contributed by atoms with E-state index in [1.165, 1.54) is 37.3 Å². The number of aromatic nitrogens is 1. The number of carbonyl (C=O) groups excluding carboxylic acids is 1. The Morgan fingerprint density at radius 3 is 2.68 bits per heavy atom. The lowest BCUT2D eigenvalue weighted by Gasteiger charge is -2.13. The molecule has 0 aliphatic carbocycles. The average Bonchev–Trinajstić information content (AvgIpc) is 3.36. The number of nitrogens with one attached hydrogen (secondary N) is 1. The first kappa shape index (κ1) is 20.8. The zero-order valence-electron chi connectivity index (χ0n) is 17.0. The highest BCUT2D eigenvalue weighted by molar-refractivity contribution is 7.17. The summed E-state index contributed by atoms with van der Waals surface area (Å²) < 4.78 is 5.63. The molecule has 0 radical (unpaired) electrons. The smallest absolute Gasteiger partial charge is 0.263 e. The van der Waals surface area contributed by atoms with Gasteiger partial charge in [0.05, 0.1) is 12.3 Å². The maximum atomic E-state index is 12.5. The molecule has 0 saturated carbocycles. The van der Waals surface area contributed by atoms with Crippen molar-refractivity contribution in [1.29, 1.82) is 0 Å². The molecule has 0 unspecified atom stereocenters. The molecule has 5 nitrogen and oxygen atoms in total. The predicted octanol–water partition coefficient (Wildman–Crippen LogP) is 4.51. The molecule has 28 heavy (non-hydrogen) atoms. The van der Waals surface area contributed by atoms with Gasteiger partial charge in [0.25, 0.3) is 5.91 Å². The molecular formula is C22H31N3O2S. The Hall–Kier alpha value is -1.92. The molecular weight excluding hydrogens is 370 g/mol. The van der Waals surface area contributed by atoms with Gasteiger partial charge in [-0.05, 0) is 82.9 Å².